The van der Waals surface area contributed by atoms with Crippen molar-refractivity contribution >= 4 is 21.6 Å². The molecule has 0 aromatic heterocycles. The molecule has 1 rings (SSSR count). The molecular formula is C11H15ClFNO2S. The summed E-state index contributed by atoms with van der Waals surface area (Å²) in [5.41, 5.74) is 0.414. The molecule has 0 aliphatic rings. The Morgan fingerprint density at radius 3 is 2.76 bits per heavy atom. The third-order valence-electron chi connectivity index (χ3n) is 2.20. The van der Waals surface area contributed by atoms with Crippen LogP contribution >= 0.6 is 11.6 Å². The Hall–Kier alpha value is -0.650. The van der Waals surface area contributed by atoms with Crippen molar-refractivity contribution in [3.05, 3.63) is 34.6 Å². The van der Waals surface area contributed by atoms with Gasteiger partial charge >= 0.3 is 0 Å². The molecule has 1 aromatic carbocycles. The molecule has 17 heavy (non-hydrogen) atoms. The second kappa shape index (κ2) is 6.33. The number of benzene rings is 1. The fourth-order valence-electron chi connectivity index (χ4n) is 1.42. The zero-order valence-electron chi connectivity index (χ0n) is 9.54. The van der Waals surface area contributed by atoms with Crippen LogP contribution in [-0.4, -0.2) is 20.7 Å². The first-order chi connectivity index (χ1) is 7.94. The summed E-state index contributed by atoms with van der Waals surface area (Å²) in [5, 5.41) is 0.442. The van der Waals surface area contributed by atoms with Crippen LogP contribution in [0.4, 0.5) is 4.39 Å². The van der Waals surface area contributed by atoms with Gasteiger partial charge in [0.25, 0.3) is 0 Å². The number of sulfonamides is 1. The minimum Gasteiger partial charge on any atom is -0.215 e. The number of rotatable bonds is 6. The van der Waals surface area contributed by atoms with E-state index in [2.05, 4.69) is 4.72 Å². The van der Waals surface area contributed by atoms with E-state index in [0.717, 1.165) is 0 Å². The monoisotopic (exact) mass is 279 g/mol. The normalized spacial score (nSPS) is 11.7. The van der Waals surface area contributed by atoms with E-state index in [1.54, 1.807) is 6.92 Å². The number of hydrogen-bond donors (Lipinski definition) is 1. The lowest BCUT2D eigenvalue weighted by Gasteiger charge is -2.06. The molecule has 0 unspecified atom stereocenters. The highest BCUT2D eigenvalue weighted by atomic mass is 35.5. The summed E-state index contributed by atoms with van der Waals surface area (Å²) in [4.78, 5) is 0. The Kier molecular flexibility index (Phi) is 5.36. The minimum absolute atomic E-state index is 0.0883. The molecule has 0 radical (unpaired) electrons. The average molecular weight is 280 g/mol. The van der Waals surface area contributed by atoms with E-state index in [9.17, 15) is 12.8 Å². The predicted octanol–water partition coefficient (Wildman–Crippen LogP) is 2.35. The molecule has 0 saturated carbocycles. The average Bonchev–Trinajstić information content (AvgIpc) is 2.23. The highest BCUT2D eigenvalue weighted by molar-refractivity contribution is 7.89. The number of hydrogen-bond acceptors (Lipinski definition) is 2. The summed E-state index contributed by atoms with van der Waals surface area (Å²) in [6.45, 7) is 1.97. The van der Waals surface area contributed by atoms with Crippen LogP contribution in [0.15, 0.2) is 18.2 Å². The van der Waals surface area contributed by atoms with Gasteiger partial charge in [-0.25, -0.2) is 17.5 Å². The van der Waals surface area contributed by atoms with E-state index in [0.29, 0.717) is 17.0 Å². The maximum Gasteiger partial charge on any atom is 0.211 e. The van der Waals surface area contributed by atoms with Crippen LogP contribution in [0.25, 0.3) is 0 Å². The zero-order chi connectivity index (χ0) is 12.9. The molecule has 0 aliphatic carbocycles. The van der Waals surface area contributed by atoms with Crippen LogP contribution < -0.4 is 4.72 Å². The Balaban J connectivity index is 2.54. The first kappa shape index (κ1) is 14.4. The van der Waals surface area contributed by atoms with Gasteiger partial charge in [0.15, 0.2) is 0 Å². The van der Waals surface area contributed by atoms with Gasteiger partial charge in [0.05, 0.1) is 5.75 Å². The lowest BCUT2D eigenvalue weighted by molar-refractivity contribution is 0.576. The highest BCUT2D eigenvalue weighted by Crippen LogP contribution is 2.15. The molecule has 1 N–H and O–H groups in total. The third kappa shape index (κ3) is 5.02. The Labute approximate surface area is 106 Å². The van der Waals surface area contributed by atoms with Gasteiger partial charge in [-0.05, 0) is 36.6 Å². The van der Waals surface area contributed by atoms with Gasteiger partial charge in [0.1, 0.15) is 5.82 Å². The molecule has 1 aromatic rings. The second-order valence-corrected chi connectivity index (χ2v) is 6.06. The fourth-order valence-corrected chi connectivity index (χ4v) is 2.71. The highest BCUT2D eigenvalue weighted by Gasteiger charge is 2.09. The lowest BCUT2D eigenvalue weighted by Crippen LogP contribution is -2.28. The van der Waals surface area contributed by atoms with Crippen molar-refractivity contribution in [1.82, 2.24) is 4.72 Å². The van der Waals surface area contributed by atoms with E-state index >= 15 is 0 Å². The summed E-state index contributed by atoms with van der Waals surface area (Å²) in [7, 11) is -3.23. The number of halogens is 2. The van der Waals surface area contributed by atoms with Crippen molar-refractivity contribution in [2.45, 2.75) is 19.8 Å². The van der Waals surface area contributed by atoms with E-state index in [4.69, 9.17) is 11.6 Å². The maximum absolute atomic E-state index is 13.3. The van der Waals surface area contributed by atoms with Crippen LogP contribution in [0.3, 0.4) is 0 Å². The van der Waals surface area contributed by atoms with Gasteiger partial charge in [-0.3, -0.25) is 0 Å². The van der Waals surface area contributed by atoms with Crippen molar-refractivity contribution in [2.75, 3.05) is 12.3 Å². The maximum atomic E-state index is 13.3. The molecule has 0 atom stereocenters. The van der Waals surface area contributed by atoms with Crippen molar-refractivity contribution in [3.63, 3.8) is 0 Å². The summed E-state index contributed by atoms with van der Waals surface area (Å²) >= 11 is 5.73. The van der Waals surface area contributed by atoms with Crippen molar-refractivity contribution < 1.29 is 12.8 Å². The van der Waals surface area contributed by atoms with Gasteiger partial charge < -0.3 is 0 Å². The van der Waals surface area contributed by atoms with E-state index in [1.165, 1.54) is 18.2 Å². The molecule has 0 saturated heterocycles. The standard InChI is InChI=1S/C11H15ClFNO2S/c1-2-7-17(15,16)14-6-5-9-8-10(12)3-4-11(9)13/h3-4,8,14H,2,5-7H2,1H3. The van der Waals surface area contributed by atoms with Gasteiger partial charge in [0, 0.05) is 11.6 Å². The van der Waals surface area contributed by atoms with Crippen LogP contribution in [0.5, 0.6) is 0 Å². The Morgan fingerprint density at radius 1 is 1.41 bits per heavy atom. The molecule has 6 heteroatoms. The molecule has 0 aliphatic heterocycles. The van der Waals surface area contributed by atoms with E-state index in [1.807, 2.05) is 0 Å². The summed E-state index contributed by atoms with van der Waals surface area (Å²) < 4.78 is 38.4. The second-order valence-electron chi connectivity index (χ2n) is 3.70. The fraction of sp³-hybridized carbons (Fsp3) is 0.455. The molecule has 3 nitrogen and oxygen atoms in total. The van der Waals surface area contributed by atoms with Crippen LogP contribution in [0.1, 0.15) is 18.9 Å². The number of nitrogens with one attached hydrogen (secondary N) is 1. The molecule has 96 valence electrons. The van der Waals surface area contributed by atoms with Gasteiger partial charge in [0.2, 0.25) is 10.0 Å². The topological polar surface area (TPSA) is 46.2 Å². The first-order valence-corrected chi connectivity index (χ1v) is 7.39. The van der Waals surface area contributed by atoms with E-state index in [-0.39, 0.29) is 24.5 Å². The third-order valence-corrected chi connectivity index (χ3v) is 4.02. The molecule has 0 spiro atoms. The van der Waals surface area contributed by atoms with Crippen molar-refractivity contribution in [2.24, 2.45) is 0 Å². The Morgan fingerprint density at radius 2 is 2.12 bits per heavy atom. The Bertz CT molecular complexity index is 476. The van der Waals surface area contributed by atoms with Crippen LogP contribution in [0.2, 0.25) is 5.02 Å². The molecule has 0 fully saturated rings. The van der Waals surface area contributed by atoms with Crippen LogP contribution in [-0.2, 0) is 16.4 Å². The molecule has 0 amide bonds. The zero-order valence-corrected chi connectivity index (χ0v) is 11.1. The van der Waals surface area contributed by atoms with Gasteiger partial charge in [-0.2, -0.15) is 0 Å². The first-order valence-electron chi connectivity index (χ1n) is 5.36. The smallest absolute Gasteiger partial charge is 0.211 e. The molecule has 0 bridgehead atoms. The van der Waals surface area contributed by atoms with Crippen molar-refractivity contribution in [1.29, 1.82) is 0 Å². The predicted molar refractivity (Wildman–Crippen MR) is 67.2 cm³/mol. The SMILES string of the molecule is CCCS(=O)(=O)NCCc1cc(Cl)ccc1F. The van der Waals surface area contributed by atoms with Gasteiger partial charge in [-0.1, -0.05) is 18.5 Å². The molecule has 0 heterocycles. The quantitative estimate of drug-likeness (QED) is 0.869. The minimum atomic E-state index is -3.23. The van der Waals surface area contributed by atoms with E-state index < -0.39 is 10.0 Å². The van der Waals surface area contributed by atoms with Crippen LogP contribution in [0, 0.1) is 5.82 Å². The van der Waals surface area contributed by atoms with Gasteiger partial charge in [-0.15, -0.1) is 0 Å². The summed E-state index contributed by atoms with van der Waals surface area (Å²) in [6.07, 6.45) is 0.843. The summed E-state index contributed by atoms with van der Waals surface area (Å²) in [6, 6.07) is 4.24. The molecular weight excluding hydrogens is 265 g/mol. The summed E-state index contributed by atoms with van der Waals surface area (Å²) in [5.74, 6) is -0.283. The lowest BCUT2D eigenvalue weighted by atomic mass is 10.1. The van der Waals surface area contributed by atoms with Crippen molar-refractivity contribution in [3.8, 4) is 0 Å². The largest absolute Gasteiger partial charge is 0.215 e.